The lowest BCUT2D eigenvalue weighted by Crippen LogP contribution is -2.54. The molecule has 0 aromatic heterocycles. The van der Waals surface area contributed by atoms with Crippen molar-refractivity contribution < 1.29 is 9.59 Å². The Kier molecular flexibility index (Phi) is 5.31. The molecule has 146 valence electrons. The molecule has 0 spiro atoms. The smallest absolute Gasteiger partial charge is 0.259 e. The van der Waals surface area contributed by atoms with Crippen molar-refractivity contribution in [3.8, 4) is 0 Å². The van der Waals surface area contributed by atoms with E-state index in [1.807, 2.05) is 48.5 Å². The predicted molar refractivity (Wildman–Crippen MR) is 117 cm³/mol. The van der Waals surface area contributed by atoms with Crippen LogP contribution >= 0.6 is 23.2 Å². The molecule has 3 aromatic rings. The molecule has 4 rings (SSSR count). The first kappa shape index (κ1) is 19.5. The van der Waals surface area contributed by atoms with Gasteiger partial charge < -0.3 is 4.90 Å². The molecule has 6 heteroatoms. The van der Waals surface area contributed by atoms with Crippen LogP contribution in [0.4, 0.5) is 11.4 Å². The lowest BCUT2D eigenvalue weighted by Gasteiger charge is -2.40. The van der Waals surface area contributed by atoms with Gasteiger partial charge in [0.05, 0.1) is 17.9 Å². The third-order valence-corrected chi connectivity index (χ3v) is 5.61. The van der Waals surface area contributed by atoms with E-state index in [0.717, 1.165) is 5.56 Å². The van der Waals surface area contributed by atoms with Crippen LogP contribution in [0.2, 0.25) is 10.0 Å². The van der Waals surface area contributed by atoms with E-state index in [-0.39, 0.29) is 11.8 Å². The van der Waals surface area contributed by atoms with Crippen molar-refractivity contribution in [3.63, 3.8) is 0 Å². The Morgan fingerprint density at radius 1 is 0.931 bits per heavy atom. The lowest BCUT2D eigenvalue weighted by molar-refractivity contribution is -0.119. The summed E-state index contributed by atoms with van der Waals surface area (Å²) in [7, 11) is 0. The third kappa shape index (κ3) is 3.61. The number of halogens is 2. The largest absolute Gasteiger partial charge is 0.304 e. The van der Waals surface area contributed by atoms with Crippen molar-refractivity contribution in [2.75, 3.05) is 9.80 Å². The highest BCUT2D eigenvalue weighted by Crippen LogP contribution is 2.38. The average molecular weight is 425 g/mol. The molecule has 0 N–H and O–H groups in total. The summed E-state index contributed by atoms with van der Waals surface area (Å²) < 4.78 is 0. The number of benzene rings is 3. The second-order valence-electron chi connectivity index (χ2n) is 6.87. The van der Waals surface area contributed by atoms with Crippen LogP contribution in [0.5, 0.6) is 0 Å². The third-order valence-electron chi connectivity index (χ3n) is 5.03. The van der Waals surface area contributed by atoms with Crippen molar-refractivity contribution in [3.05, 3.63) is 94.0 Å². The normalized spacial score (nSPS) is 16.0. The number of hydrogen-bond acceptors (Lipinski definition) is 2. The van der Waals surface area contributed by atoms with Crippen molar-refractivity contribution in [1.82, 2.24) is 0 Å². The first-order valence-corrected chi connectivity index (χ1v) is 9.96. The number of carbonyl (C=O) groups is 2. The van der Waals surface area contributed by atoms with Crippen LogP contribution in [0, 0.1) is 0 Å². The highest BCUT2D eigenvalue weighted by Gasteiger charge is 2.38. The summed E-state index contributed by atoms with van der Waals surface area (Å²) in [6.07, 6.45) is 0. The number of nitrogens with zero attached hydrogens (tertiary/aromatic N) is 2. The van der Waals surface area contributed by atoms with Gasteiger partial charge in [0.1, 0.15) is 6.04 Å². The zero-order chi connectivity index (χ0) is 20.5. The van der Waals surface area contributed by atoms with Crippen LogP contribution in [0.15, 0.2) is 72.8 Å². The molecular weight excluding hydrogens is 407 g/mol. The Labute approximate surface area is 179 Å². The van der Waals surface area contributed by atoms with Crippen LogP contribution in [0.25, 0.3) is 0 Å². The monoisotopic (exact) mass is 424 g/mol. The van der Waals surface area contributed by atoms with Gasteiger partial charge in [-0.05, 0) is 48.9 Å². The lowest BCUT2D eigenvalue weighted by atomic mass is 10.0. The van der Waals surface area contributed by atoms with Crippen LogP contribution in [-0.4, -0.2) is 17.9 Å². The molecule has 1 atom stereocenters. The number of carbonyl (C=O) groups excluding carboxylic acids is 2. The summed E-state index contributed by atoms with van der Waals surface area (Å²) in [5.41, 5.74) is 2.69. The molecule has 0 fully saturated rings. The average Bonchev–Trinajstić information content (AvgIpc) is 2.73. The quantitative estimate of drug-likeness (QED) is 0.550. The molecular formula is C23H18Cl2N2O2. The Morgan fingerprint density at radius 3 is 2.28 bits per heavy atom. The summed E-state index contributed by atoms with van der Waals surface area (Å²) in [6.45, 7) is 2.04. The van der Waals surface area contributed by atoms with E-state index in [4.69, 9.17) is 23.2 Å². The number of para-hydroxylation sites is 2. The van der Waals surface area contributed by atoms with E-state index in [2.05, 4.69) is 0 Å². The van der Waals surface area contributed by atoms with E-state index < -0.39 is 6.04 Å². The van der Waals surface area contributed by atoms with Gasteiger partial charge in [0.15, 0.2) is 0 Å². The van der Waals surface area contributed by atoms with Gasteiger partial charge in [0.2, 0.25) is 5.91 Å². The minimum Gasteiger partial charge on any atom is -0.304 e. The highest BCUT2D eigenvalue weighted by molar-refractivity contribution is 6.35. The number of rotatable bonds is 3. The van der Waals surface area contributed by atoms with E-state index in [1.54, 1.807) is 41.0 Å². The second kappa shape index (κ2) is 7.90. The van der Waals surface area contributed by atoms with Crippen LogP contribution in [0.1, 0.15) is 22.8 Å². The standard InChI is InChI=1S/C23H18Cl2N2O2/c1-15-22(28)26(14-17-11-12-18(24)13-19(17)25)20-9-5-6-10-21(20)27(15)23(29)16-7-3-2-4-8-16/h2-13,15H,14H2,1H3/t15-/m0/s1. The summed E-state index contributed by atoms with van der Waals surface area (Å²) >= 11 is 12.3. The fraction of sp³-hybridized carbons (Fsp3) is 0.130. The highest BCUT2D eigenvalue weighted by atomic mass is 35.5. The molecule has 0 bridgehead atoms. The predicted octanol–water partition coefficient (Wildman–Crippen LogP) is 5.58. The van der Waals surface area contributed by atoms with Crippen LogP contribution < -0.4 is 9.80 Å². The van der Waals surface area contributed by atoms with Gasteiger partial charge >= 0.3 is 0 Å². The molecule has 0 saturated carbocycles. The molecule has 1 aliphatic rings. The molecule has 4 nitrogen and oxygen atoms in total. The Hall–Kier alpha value is -2.82. The minimum absolute atomic E-state index is 0.168. The maximum atomic E-state index is 13.3. The fourth-order valence-corrected chi connectivity index (χ4v) is 4.02. The Balaban J connectivity index is 1.76. The van der Waals surface area contributed by atoms with Crippen molar-refractivity contribution in [2.24, 2.45) is 0 Å². The first-order chi connectivity index (χ1) is 14.0. The van der Waals surface area contributed by atoms with E-state index >= 15 is 0 Å². The first-order valence-electron chi connectivity index (χ1n) is 9.20. The molecule has 3 aromatic carbocycles. The van der Waals surface area contributed by atoms with Gasteiger partial charge in [-0.25, -0.2) is 0 Å². The summed E-state index contributed by atoms with van der Waals surface area (Å²) in [5, 5.41) is 1.04. The van der Waals surface area contributed by atoms with Gasteiger partial charge in [0, 0.05) is 15.6 Å². The number of fused-ring (bicyclic) bond motifs is 1. The minimum atomic E-state index is -0.649. The second-order valence-corrected chi connectivity index (χ2v) is 7.71. The van der Waals surface area contributed by atoms with Crippen molar-refractivity contribution >= 4 is 46.4 Å². The molecule has 0 aliphatic carbocycles. The maximum Gasteiger partial charge on any atom is 0.259 e. The summed E-state index contributed by atoms with van der Waals surface area (Å²) in [5.74, 6) is -0.373. The van der Waals surface area contributed by atoms with E-state index in [1.165, 1.54) is 0 Å². The van der Waals surface area contributed by atoms with E-state index in [0.29, 0.717) is 33.5 Å². The van der Waals surface area contributed by atoms with Crippen molar-refractivity contribution in [2.45, 2.75) is 19.5 Å². The van der Waals surface area contributed by atoms with Crippen LogP contribution in [-0.2, 0) is 11.3 Å². The van der Waals surface area contributed by atoms with Gasteiger partial charge in [-0.3, -0.25) is 14.5 Å². The molecule has 1 aliphatic heterocycles. The summed E-state index contributed by atoms with van der Waals surface area (Å²) in [4.78, 5) is 29.7. The van der Waals surface area contributed by atoms with Gasteiger partial charge in [-0.15, -0.1) is 0 Å². The zero-order valence-corrected chi connectivity index (χ0v) is 17.2. The molecule has 1 heterocycles. The van der Waals surface area contributed by atoms with E-state index in [9.17, 15) is 9.59 Å². The topological polar surface area (TPSA) is 40.6 Å². The van der Waals surface area contributed by atoms with Gasteiger partial charge in [-0.1, -0.05) is 59.6 Å². The molecule has 0 unspecified atom stereocenters. The molecule has 0 saturated heterocycles. The van der Waals surface area contributed by atoms with Crippen LogP contribution in [0.3, 0.4) is 0 Å². The molecule has 29 heavy (non-hydrogen) atoms. The zero-order valence-electron chi connectivity index (χ0n) is 15.7. The SMILES string of the molecule is C[C@H]1C(=O)N(Cc2ccc(Cl)cc2Cl)c2ccccc2N1C(=O)c1ccccc1. The summed E-state index contributed by atoms with van der Waals surface area (Å²) in [6, 6.07) is 21.0. The van der Waals surface area contributed by atoms with Gasteiger partial charge in [0.25, 0.3) is 5.91 Å². The van der Waals surface area contributed by atoms with Crippen molar-refractivity contribution in [1.29, 1.82) is 0 Å². The molecule has 2 amide bonds. The maximum absolute atomic E-state index is 13.3. The Morgan fingerprint density at radius 2 is 1.59 bits per heavy atom. The molecule has 0 radical (unpaired) electrons. The number of anilines is 2. The fourth-order valence-electron chi connectivity index (χ4n) is 3.55. The Bertz CT molecular complexity index is 1090. The number of hydrogen-bond donors (Lipinski definition) is 0. The van der Waals surface area contributed by atoms with Gasteiger partial charge in [-0.2, -0.15) is 0 Å². The number of amides is 2.